The maximum atomic E-state index is 12.2. The summed E-state index contributed by atoms with van der Waals surface area (Å²) < 4.78 is 9.75. The van der Waals surface area contributed by atoms with E-state index in [9.17, 15) is 14.4 Å². The summed E-state index contributed by atoms with van der Waals surface area (Å²) in [5.41, 5.74) is 1.40. The molecule has 136 valence electrons. The zero-order valence-corrected chi connectivity index (χ0v) is 15.5. The van der Waals surface area contributed by atoms with Crippen molar-refractivity contribution in [2.24, 2.45) is 5.92 Å². The van der Waals surface area contributed by atoms with Crippen LogP contribution in [0, 0.1) is 5.92 Å². The number of nitrogens with one attached hydrogen (secondary N) is 1. The maximum Gasteiger partial charge on any atom is 0.341 e. The third-order valence-corrected chi connectivity index (χ3v) is 5.16. The van der Waals surface area contributed by atoms with Gasteiger partial charge in [0.25, 0.3) is 5.91 Å². The summed E-state index contributed by atoms with van der Waals surface area (Å²) in [6.07, 6.45) is 6.34. The van der Waals surface area contributed by atoms with Crippen LogP contribution in [0.3, 0.4) is 0 Å². The molecule has 0 saturated carbocycles. The van der Waals surface area contributed by atoms with Gasteiger partial charge in [-0.1, -0.05) is 19.9 Å². The molecule has 0 saturated heterocycles. The molecule has 1 aromatic rings. The third kappa shape index (κ3) is 4.92. The fourth-order valence-corrected chi connectivity index (χ4v) is 4.13. The van der Waals surface area contributed by atoms with E-state index in [4.69, 9.17) is 9.47 Å². The van der Waals surface area contributed by atoms with Gasteiger partial charge in [0.15, 0.2) is 6.61 Å². The van der Waals surface area contributed by atoms with E-state index in [0.717, 1.165) is 29.7 Å². The van der Waals surface area contributed by atoms with Gasteiger partial charge in [0, 0.05) is 11.0 Å². The van der Waals surface area contributed by atoms with Gasteiger partial charge < -0.3 is 14.8 Å². The third-order valence-electron chi connectivity index (χ3n) is 3.99. The Kier molecular flexibility index (Phi) is 6.75. The molecule has 0 radical (unpaired) electrons. The average molecular weight is 365 g/mol. The molecule has 1 amide bonds. The molecular formula is C18H23NO5S. The molecule has 0 spiro atoms. The van der Waals surface area contributed by atoms with Gasteiger partial charge in [0.1, 0.15) is 5.00 Å². The van der Waals surface area contributed by atoms with Crippen molar-refractivity contribution in [1.29, 1.82) is 0 Å². The number of amides is 1. The first-order chi connectivity index (χ1) is 12.0. The minimum atomic E-state index is -0.565. The fourth-order valence-electron chi connectivity index (χ4n) is 2.72. The van der Waals surface area contributed by atoms with E-state index in [0.29, 0.717) is 22.9 Å². The van der Waals surface area contributed by atoms with Gasteiger partial charge in [-0.25, -0.2) is 9.59 Å². The summed E-state index contributed by atoms with van der Waals surface area (Å²) in [6.45, 7) is 3.67. The van der Waals surface area contributed by atoms with E-state index in [1.165, 1.54) is 24.5 Å². The lowest BCUT2D eigenvalue weighted by Crippen LogP contribution is -2.21. The molecule has 0 aromatic carbocycles. The van der Waals surface area contributed by atoms with Crippen molar-refractivity contribution in [3.63, 3.8) is 0 Å². The van der Waals surface area contributed by atoms with Crippen LogP contribution in [0.2, 0.25) is 0 Å². The van der Waals surface area contributed by atoms with Crippen molar-refractivity contribution >= 4 is 34.2 Å². The van der Waals surface area contributed by atoms with E-state index in [-0.39, 0.29) is 0 Å². The number of ether oxygens (including phenoxy) is 2. The first-order valence-corrected chi connectivity index (χ1v) is 9.13. The van der Waals surface area contributed by atoms with Crippen LogP contribution in [0.15, 0.2) is 12.2 Å². The number of esters is 2. The number of fused-ring (bicyclic) bond motifs is 1. The van der Waals surface area contributed by atoms with Crippen LogP contribution >= 0.6 is 11.3 Å². The van der Waals surface area contributed by atoms with Crippen molar-refractivity contribution in [2.45, 2.75) is 39.5 Å². The largest absolute Gasteiger partial charge is 0.465 e. The van der Waals surface area contributed by atoms with Crippen LogP contribution < -0.4 is 5.32 Å². The topological polar surface area (TPSA) is 81.7 Å². The molecule has 1 atom stereocenters. The second-order valence-electron chi connectivity index (χ2n) is 6.01. The van der Waals surface area contributed by atoms with Gasteiger partial charge in [-0.2, -0.15) is 0 Å². The monoisotopic (exact) mass is 365 g/mol. The number of carbonyl (C=O) groups is 3. The molecule has 6 nitrogen and oxygen atoms in total. The molecule has 0 unspecified atom stereocenters. The Bertz CT molecular complexity index is 692. The summed E-state index contributed by atoms with van der Waals surface area (Å²) >= 11 is 1.40. The van der Waals surface area contributed by atoms with Gasteiger partial charge in [-0.05, 0) is 37.2 Å². The normalized spacial score (nSPS) is 16.4. The van der Waals surface area contributed by atoms with Crippen LogP contribution in [0.1, 0.15) is 47.5 Å². The van der Waals surface area contributed by atoms with Crippen LogP contribution in [-0.4, -0.2) is 31.6 Å². The average Bonchev–Trinajstić information content (AvgIpc) is 2.94. The quantitative estimate of drug-likeness (QED) is 0.619. The minimum Gasteiger partial charge on any atom is -0.465 e. The van der Waals surface area contributed by atoms with Gasteiger partial charge >= 0.3 is 11.9 Å². The highest BCUT2D eigenvalue weighted by atomic mass is 32.1. The smallest absolute Gasteiger partial charge is 0.341 e. The summed E-state index contributed by atoms with van der Waals surface area (Å²) in [5.74, 6) is -0.948. The molecule has 25 heavy (non-hydrogen) atoms. The first kappa shape index (κ1) is 19.2. The Hall–Kier alpha value is -2.15. The molecule has 0 fully saturated rings. The number of anilines is 1. The van der Waals surface area contributed by atoms with E-state index in [2.05, 4.69) is 12.2 Å². The molecular weight excluding hydrogens is 342 g/mol. The van der Waals surface area contributed by atoms with Crippen molar-refractivity contribution in [3.05, 3.63) is 28.2 Å². The van der Waals surface area contributed by atoms with Gasteiger partial charge in [0.2, 0.25) is 0 Å². The Morgan fingerprint density at radius 1 is 1.36 bits per heavy atom. The van der Waals surface area contributed by atoms with Crippen LogP contribution in [0.5, 0.6) is 0 Å². The lowest BCUT2D eigenvalue weighted by molar-refractivity contribution is -0.142. The summed E-state index contributed by atoms with van der Waals surface area (Å²) in [6, 6.07) is 0. The van der Waals surface area contributed by atoms with Crippen molar-refractivity contribution in [3.8, 4) is 0 Å². The number of allylic oxidation sites excluding steroid dienone is 1. The second-order valence-corrected chi connectivity index (χ2v) is 7.12. The predicted octanol–water partition coefficient (Wildman–Crippen LogP) is 3.11. The lowest BCUT2D eigenvalue weighted by Gasteiger charge is -2.18. The number of hydrogen-bond acceptors (Lipinski definition) is 6. The summed E-state index contributed by atoms with van der Waals surface area (Å²) in [7, 11) is 1.32. The van der Waals surface area contributed by atoms with E-state index in [1.807, 2.05) is 6.92 Å². The molecule has 7 heteroatoms. The maximum absolute atomic E-state index is 12.2. The number of rotatable bonds is 6. The van der Waals surface area contributed by atoms with Crippen molar-refractivity contribution < 1.29 is 23.9 Å². The second kappa shape index (κ2) is 8.80. The SMILES string of the molecule is CC/C=C/C(=O)OCC(=O)Nc1sc2c(c1C(=O)OC)CC[C@@H](C)C2. The zero-order chi connectivity index (χ0) is 18.4. The molecule has 1 aliphatic carbocycles. The lowest BCUT2D eigenvalue weighted by atomic mass is 9.88. The molecule has 2 rings (SSSR count). The molecule has 1 N–H and O–H groups in total. The number of hydrogen-bond donors (Lipinski definition) is 1. The van der Waals surface area contributed by atoms with E-state index < -0.39 is 24.5 Å². The Balaban J connectivity index is 2.10. The zero-order valence-electron chi connectivity index (χ0n) is 14.7. The first-order valence-electron chi connectivity index (χ1n) is 8.32. The van der Waals surface area contributed by atoms with Crippen molar-refractivity contribution in [1.82, 2.24) is 0 Å². The molecule has 1 aliphatic rings. The Labute approximate surface area is 151 Å². The minimum absolute atomic E-state index is 0.396. The van der Waals surface area contributed by atoms with Gasteiger partial charge in [-0.3, -0.25) is 4.79 Å². The van der Waals surface area contributed by atoms with E-state index >= 15 is 0 Å². The predicted molar refractivity (Wildman–Crippen MR) is 95.9 cm³/mol. The van der Waals surface area contributed by atoms with E-state index in [1.54, 1.807) is 6.08 Å². The summed E-state index contributed by atoms with van der Waals surface area (Å²) in [5, 5.41) is 3.16. The van der Waals surface area contributed by atoms with Crippen LogP contribution in [0.4, 0.5) is 5.00 Å². The van der Waals surface area contributed by atoms with Gasteiger partial charge in [0.05, 0.1) is 12.7 Å². The highest BCUT2D eigenvalue weighted by Gasteiger charge is 2.28. The highest BCUT2D eigenvalue weighted by molar-refractivity contribution is 7.17. The fraction of sp³-hybridized carbons (Fsp3) is 0.500. The van der Waals surface area contributed by atoms with Crippen molar-refractivity contribution in [2.75, 3.05) is 19.0 Å². The van der Waals surface area contributed by atoms with Crippen LogP contribution in [0.25, 0.3) is 0 Å². The Morgan fingerprint density at radius 3 is 2.80 bits per heavy atom. The van der Waals surface area contributed by atoms with Crippen LogP contribution in [-0.2, 0) is 31.9 Å². The molecule has 0 aliphatic heterocycles. The summed E-state index contributed by atoms with van der Waals surface area (Å²) in [4.78, 5) is 36.8. The molecule has 0 bridgehead atoms. The van der Waals surface area contributed by atoms with Gasteiger partial charge in [-0.15, -0.1) is 11.3 Å². The standard InChI is InChI=1S/C18H23NO5S/c1-4-5-6-15(21)24-10-14(20)19-17-16(18(22)23-3)12-8-7-11(2)9-13(12)25-17/h5-6,11H,4,7-10H2,1-3H3,(H,19,20)/b6-5+/t11-/m1/s1. The highest BCUT2D eigenvalue weighted by Crippen LogP contribution is 2.39. The molecule has 1 heterocycles. The number of methoxy groups -OCH3 is 1. The number of thiophene rings is 1. The Morgan fingerprint density at radius 2 is 2.12 bits per heavy atom. The molecule has 1 aromatic heterocycles. The number of carbonyl (C=O) groups excluding carboxylic acids is 3.